The van der Waals surface area contributed by atoms with E-state index in [1.54, 1.807) is 0 Å². The molecule has 1 aromatic carbocycles. The zero-order chi connectivity index (χ0) is 11.4. The smallest absolute Gasteiger partial charge is 0.0642 e. The van der Waals surface area contributed by atoms with Gasteiger partial charge in [0, 0.05) is 19.1 Å². The lowest BCUT2D eigenvalue weighted by Gasteiger charge is -2.31. The fourth-order valence-electron chi connectivity index (χ4n) is 1.99. The van der Waals surface area contributed by atoms with Crippen LogP contribution in [0.4, 0.5) is 11.4 Å². The summed E-state index contributed by atoms with van der Waals surface area (Å²) in [4.78, 5) is 2.38. The van der Waals surface area contributed by atoms with Crippen molar-refractivity contribution in [3.63, 3.8) is 0 Å². The second-order valence-electron chi connectivity index (χ2n) is 4.42. The molecule has 0 saturated carbocycles. The Balaban J connectivity index is 2.17. The Labute approximate surface area is 97.4 Å². The molecule has 1 saturated heterocycles. The molecule has 1 aromatic rings. The van der Waals surface area contributed by atoms with Gasteiger partial charge in [0.2, 0.25) is 0 Å². The van der Waals surface area contributed by atoms with E-state index >= 15 is 0 Å². The van der Waals surface area contributed by atoms with E-state index in [2.05, 4.69) is 48.3 Å². The molecule has 1 aliphatic heterocycles. The van der Waals surface area contributed by atoms with E-state index in [1.165, 1.54) is 11.4 Å². The van der Waals surface area contributed by atoms with Crippen LogP contribution < -0.4 is 10.2 Å². The third-order valence-corrected chi connectivity index (χ3v) is 2.70. The third kappa shape index (κ3) is 2.67. The number of anilines is 2. The first-order valence-corrected chi connectivity index (χ1v) is 5.95. The minimum atomic E-state index is 0.460. The second kappa shape index (κ2) is 5.21. The Bertz CT molecular complexity index is 332. The number of hydrogen-bond acceptors (Lipinski definition) is 3. The summed E-state index contributed by atoms with van der Waals surface area (Å²) in [5.74, 6) is 0. The van der Waals surface area contributed by atoms with E-state index in [-0.39, 0.29) is 0 Å². The maximum Gasteiger partial charge on any atom is 0.0642 e. The van der Waals surface area contributed by atoms with Crippen LogP contribution in [0.2, 0.25) is 0 Å². The van der Waals surface area contributed by atoms with Crippen molar-refractivity contribution >= 4 is 11.4 Å². The molecule has 0 amide bonds. The SMILES string of the molecule is CC(C)Nc1ccccc1N1CCOCC1. The van der Waals surface area contributed by atoms with Gasteiger partial charge in [-0.05, 0) is 26.0 Å². The van der Waals surface area contributed by atoms with Crippen molar-refractivity contribution in [2.24, 2.45) is 0 Å². The van der Waals surface area contributed by atoms with Gasteiger partial charge in [0.15, 0.2) is 0 Å². The zero-order valence-electron chi connectivity index (χ0n) is 10.1. The minimum absolute atomic E-state index is 0.460. The highest BCUT2D eigenvalue weighted by Gasteiger charge is 2.14. The van der Waals surface area contributed by atoms with Gasteiger partial charge >= 0.3 is 0 Å². The van der Waals surface area contributed by atoms with Gasteiger partial charge in [0.1, 0.15) is 0 Å². The molecule has 0 radical (unpaired) electrons. The highest BCUT2D eigenvalue weighted by Crippen LogP contribution is 2.26. The molecule has 3 heteroatoms. The number of nitrogens with zero attached hydrogens (tertiary/aromatic N) is 1. The van der Waals surface area contributed by atoms with E-state index in [0.29, 0.717) is 6.04 Å². The molecule has 1 aliphatic rings. The summed E-state index contributed by atoms with van der Waals surface area (Å²) < 4.78 is 5.38. The zero-order valence-corrected chi connectivity index (χ0v) is 10.1. The summed E-state index contributed by atoms with van der Waals surface area (Å²) in [7, 11) is 0. The van der Waals surface area contributed by atoms with Gasteiger partial charge in [-0.1, -0.05) is 12.1 Å². The standard InChI is InChI=1S/C13H20N2O/c1-11(2)14-12-5-3-4-6-13(12)15-7-9-16-10-8-15/h3-6,11,14H,7-10H2,1-2H3. The lowest BCUT2D eigenvalue weighted by Crippen LogP contribution is -2.36. The lowest BCUT2D eigenvalue weighted by atomic mass is 10.2. The summed E-state index contributed by atoms with van der Waals surface area (Å²) in [5.41, 5.74) is 2.51. The van der Waals surface area contributed by atoms with Crippen molar-refractivity contribution in [3.05, 3.63) is 24.3 Å². The Kier molecular flexibility index (Phi) is 3.67. The molecule has 3 nitrogen and oxygen atoms in total. The largest absolute Gasteiger partial charge is 0.381 e. The normalized spacial score (nSPS) is 16.6. The van der Waals surface area contributed by atoms with Crippen molar-refractivity contribution in [2.45, 2.75) is 19.9 Å². The first-order chi connectivity index (χ1) is 7.77. The van der Waals surface area contributed by atoms with Gasteiger partial charge in [-0.2, -0.15) is 0 Å². The van der Waals surface area contributed by atoms with Crippen molar-refractivity contribution in [3.8, 4) is 0 Å². The summed E-state index contributed by atoms with van der Waals surface area (Å²) >= 11 is 0. The minimum Gasteiger partial charge on any atom is -0.381 e. The molecule has 0 unspecified atom stereocenters. The molecule has 0 aliphatic carbocycles. The molecule has 0 spiro atoms. The van der Waals surface area contributed by atoms with E-state index in [0.717, 1.165) is 26.3 Å². The summed E-state index contributed by atoms with van der Waals surface area (Å²) in [6.07, 6.45) is 0. The molecule has 0 atom stereocenters. The van der Waals surface area contributed by atoms with Crippen molar-refractivity contribution in [2.75, 3.05) is 36.5 Å². The van der Waals surface area contributed by atoms with Gasteiger partial charge in [0.25, 0.3) is 0 Å². The fourth-order valence-corrected chi connectivity index (χ4v) is 1.99. The monoisotopic (exact) mass is 220 g/mol. The number of ether oxygens (including phenoxy) is 1. The third-order valence-electron chi connectivity index (χ3n) is 2.70. The van der Waals surface area contributed by atoms with Crippen LogP contribution in [0.3, 0.4) is 0 Å². The number of benzene rings is 1. The molecule has 0 bridgehead atoms. The first kappa shape index (κ1) is 11.3. The average Bonchev–Trinajstić information content (AvgIpc) is 2.30. The predicted octanol–water partition coefficient (Wildman–Crippen LogP) is 2.34. The summed E-state index contributed by atoms with van der Waals surface area (Å²) in [6.45, 7) is 7.95. The quantitative estimate of drug-likeness (QED) is 0.846. The summed E-state index contributed by atoms with van der Waals surface area (Å²) in [6, 6.07) is 8.95. The van der Waals surface area contributed by atoms with E-state index in [1.807, 2.05) is 0 Å². The van der Waals surface area contributed by atoms with Crippen molar-refractivity contribution in [1.82, 2.24) is 0 Å². The second-order valence-corrected chi connectivity index (χ2v) is 4.42. The Morgan fingerprint density at radius 2 is 1.88 bits per heavy atom. The molecule has 88 valence electrons. The molecule has 2 rings (SSSR count). The highest BCUT2D eigenvalue weighted by molar-refractivity contribution is 5.70. The maximum absolute atomic E-state index is 5.38. The number of para-hydroxylation sites is 2. The number of rotatable bonds is 3. The van der Waals surface area contributed by atoms with Crippen LogP contribution in [0.15, 0.2) is 24.3 Å². The number of nitrogens with one attached hydrogen (secondary N) is 1. The molecule has 1 N–H and O–H groups in total. The van der Waals surface area contributed by atoms with Crippen LogP contribution in [0.25, 0.3) is 0 Å². The Hall–Kier alpha value is -1.22. The van der Waals surface area contributed by atoms with Crippen LogP contribution in [0, 0.1) is 0 Å². The molecular weight excluding hydrogens is 200 g/mol. The molecule has 1 heterocycles. The first-order valence-electron chi connectivity index (χ1n) is 5.95. The van der Waals surface area contributed by atoms with E-state index < -0.39 is 0 Å². The summed E-state index contributed by atoms with van der Waals surface area (Å²) in [5, 5.41) is 3.49. The average molecular weight is 220 g/mol. The number of morpholine rings is 1. The molecule has 16 heavy (non-hydrogen) atoms. The topological polar surface area (TPSA) is 24.5 Å². The Morgan fingerprint density at radius 1 is 1.19 bits per heavy atom. The highest BCUT2D eigenvalue weighted by atomic mass is 16.5. The number of hydrogen-bond donors (Lipinski definition) is 1. The van der Waals surface area contributed by atoms with Crippen LogP contribution >= 0.6 is 0 Å². The lowest BCUT2D eigenvalue weighted by molar-refractivity contribution is 0.123. The van der Waals surface area contributed by atoms with Crippen LogP contribution in [-0.4, -0.2) is 32.3 Å². The predicted molar refractivity (Wildman–Crippen MR) is 68.2 cm³/mol. The van der Waals surface area contributed by atoms with Crippen LogP contribution in [0.1, 0.15) is 13.8 Å². The molecule has 1 fully saturated rings. The molecular formula is C13H20N2O. The van der Waals surface area contributed by atoms with Crippen LogP contribution in [-0.2, 0) is 4.74 Å². The Morgan fingerprint density at radius 3 is 2.56 bits per heavy atom. The van der Waals surface area contributed by atoms with Crippen molar-refractivity contribution < 1.29 is 4.74 Å². The van der Waals surface area contributed by atoms with Gasteiger partial charge < -0.3 is 15.0 Å². The van der Waals surface area contributed by atoms with E-state index in [9.17, 15) is 0 Å². The van der Waals surface area contributed by atoms with Gasteiger partial charge in [-0.3, -0.25) is 0 Å². The maximum atomic E-state index is 5.38. The van der Waals surface area contributed by atoms with Gasteiger partial charge in [-0.25, -0.2) is 0 Å². The van der Waals surface area contributed by atoms with Crippen molar-refractivity contribution in [1.29, 1.82) is 0 Å². The molecule has 0 aromatic heterocycles. The van der Waals surface area contributed by atoms with Crippen LogP contribution in [0.5, 0.6) is 0 Å². The van der Waals surface area contributed by atoms with Gasteiger partial charge in [-0.15, -0.1) is 0 Å². The van der Waals surface area contributed by atoms with E-state index in [4.69, 9.17) is 4.74 Å². The van der Waals surface area contributed by atoms with Gasteiger partial charge in [0.05, 0.1) is 24.6 Å². The fraction of sp³-hybridized carbons (Fsp3) is 0.538.